The molecule has 1 aliphatic heterocycles. The van der Waals surface area contributed by atoms with E-state index < -0.39 is 11.7 Å². The number of alkyl halides is 3. The smallest absolute Gasteiger partial charge is 0.363 e. The highest BCUT2D eigenvalue weighted by Gasteiger charge is 2.32. The fourth-order valence-corrected chi connectivity index (χ4v) is 3.82. The number of nitrogens with zero attached hydrogens (tertiary/aromatic N) is 6. The van der Waals surface area contributed by atoms with E-state index in [0.717, 1.165) is 43.7 Å². The maximum Gasteiger partial charge on any atom is 0.417 e. The Morgan fingerprint density at radius 2 is 1.93 bits per heavy atom. The van der Waals surface area contributed by atoms with Crippen molar-refractivity contribution in [1.82, 2.24) is 29.9 Å². The number of anilines is 1. The van der Waals surface area contributed by atoms with Gasteiger partial charge in [0.2, 0.25) is 0 Å². The number of halogens is 3. The molecule has 1 saturated heterocycles. The lowest BCUT2D eigenvalue weighted by atomic mass is 10.1. The van der Waals surface area contributed by atoms with E-state index in [1.807, 2.05) is 0 Å². The van der Waals surface area contributed by atoms with E-state index in [1.54, 1.807) is 24.9 Å². The van der Waals surface area contributed by atoms with Crippen molar-refractivity contribution in [3.63, 3.8) is 0 Å². The molecule has 0 bridgehead atoms. The number of hydrogen-bond acceptors (Lipinski definition) is 6. The van der Waals surface area contributed by atoms with Crippen molar-refractivity contribution in [3.8, 4) is 11.4 Å². The second kappa shape index (κ2) is 7.25. The van der Waals surface area contributed by atoms with Crippen LogP contribution in [-0.2, 0) is 13.2 Å². The minimum atomic E-state index is -4.44. The summed E-state index contributed by atoms with van der Waals surface area (Å²) in [5.74, 6) is 0.619. The fraction of sp³-hybridized carbons (Fsp3) is 0.474. The van der Waals surface area contributed by atoms with Crippen molar-refractivity contribution in [2.75, 3.05) is 25.5 Å². The van der Waals surface area contributed by atoms with Crippen molar-refractivity contribution < 1.29 is 13.2 Å². The molecular formula is C19H22F3N7. The van der Waals surface area contributed by atoms with Crippen LogP contribution in [0.3, 0.4) is 0 Å². The molecule has 1 atom stereocenters. The SMILES string of the molecule is Cc1cc(C(F)(F)F)cnc1-c1nnc(N[C@@H]2CCCN(C)C2)c2c1cnn2C. The van der Waals surface area contributed by atoms with E-state index in [4.69, 9.17) is 0 Å². The first-order chi connectivity index (χ1) is 13.7. The lowest BCUT2D eigenvalue weighted by molar-refractivity contribution is -0.137. The van der Waals surface area contributed by atoms with Gasteiger partial charge in [0, 0.05) is 25.8 Å². The van der Waals surface area contributed by atoms with Gasteiger partial charge in [-0.2, -0.15) is 18.3 Å². The van der Waals surface area contributed by atoms with E-state index in [9.17, 15) is 13.2 Å². The zero-order valence-corrected chi connectivity index (χ0v) is 16.5. The fourth-order valence-electron chi connectivity index (χ4n) is 3.82. The number of likely N-dealkylation sites (tertiary alicyclic amines) is 1. The van der Waals surface area contributed by atoms with Crippen LogP contribution in [0, 0.1) is 6.92 Å². The van der Waals surface area contributed by atoms with Gasteiger partial charge in [-0.25, -0.2) is 0 Å². The Balaban J connectivity index is 1.74. The molecule has 3 aromatic heterocycles. The molecule has 29 heavy (non-hydrogen) atoms. The number of fused-ring (bicyclic) bond motifs is 1. The summed E-state index contributed by atoms with van der Waals surface area (Å²) in [6.07, 6.45) is 0.175. The van der Waals surface area contributed by atoms with Crippen molar-refractivity contribution in [2.24, 2.45) is 7.05 Å². The predicted molar refractivity (Wildman–Crippen MR) is 103 cm³/mol. The molecule has 1 aliphatic rings. The predicted octanol–water partition coefficient (Wildman–Crippen LogP) is 3.26. The minimum Gasteiger partial charge on any atom is -0.363 e. The summed E-state index contributed by atoms with van der Waals surface area (Å²) in [5.41, 5.74) is 1.14. The van der Waals surface area contributed by atoms with E-state index in [1.165, 1.54) is 0 Å². The number of likely N-dealkylation sites (N-methyl/N-ethyl adjacent to an activating group) is 1. The van der Waals surface area contributed by atoms with E-state index in [0.29, 0.717) is 28.2 Å². The Kier molecular flexibility index (Phi) is 4.89. The Labute approximate surface area is 165 Å². The average molecular weight is 405 g/mol. The Hall–Kier alpha value is -2.75. The number of hydrogen-bond donors (Lipinski definition) is 1. The first kappa shape index (κ1) is 19.6. The molecule has 4 rings (SSSR count). The second-order valence-corrected chi connectivity index (χ2v) is 7.56. The van der Waals surface area contributed by atoms with Crippen LogP contribution in [0.1, 0.15) is 24.0 Å². The maximum absolute atomic E-state index is 13.0. The molecule has 0 aliphatic carbocycles. The molecule has 154 valence electrons. The Morgan fingerprint density at radius 1 is 1.14 bits per heavy atom. The summed E-state index contributed by atoms with van der Waals surface area (Å²) >= 11 is 0. The lowest BCUT2D eigenvalue weighted by Gasteiger charge is -2.30. The molecule has 0 saturated carbocycles. The van der Waals surface area contributed by atoms with Gasteiger partial charge in [-0.3, -0.25) is 9.67 Å². The largest absolute Gasteiger partial charge is 0.417 e. The highest BCUT2D eigenvalue weighted by molar-refractivity contribution is 5.97. The van der Waals surface area contributed by atoms with E-state index in [-0.39, 0.29) is 6.04 Å². The van der Waals surface area contributed by atoms with Gasteiger partial charge in [0.05, 0.1) is 22.8 Å². The zero-order chi connectivity index (χ0) is 20.8. The molecule has 10 heteroatoms. The van der Waals surface area contributed by atoms with Crippen molar-refractivity contribution in [3.05, 3.63) is 29.6 Å². The summed E-state index contributed by atoms with van der Waals surface area (Å²) < 4.78 is 40.6. The van der Waals surface area contributed by atoms with Crippen LogP contribution in [0.5, 0.6) is 0 Å². The molecule has 0 spiro atoms. The number of nitrogens with one attached hydrogen (secondary N) is 1. The van der Waals surface area contributed by atoms with Crippen LogP contribution in [0.2, 0.25) is 0 Å². The monoisotopic (exact) mass is 405 g/mol. The zero-order valence-electron chi connectivity index (χ0n) is 16.5. The highest BCUT2D eigenvalue weighted by Crippen LogP contribution is 2.34. The van der Waals surface area contributed by atoms with E-state index >= 15 is 0 Å². The minimum absolute atomic E-state index is 0.248. The third kappa shape index (κ3) is 3.76. The summed E-state index contributed by atoms with van der Waals surface area (Å²) in [5, 5.41) is 17.1. The molecule has 1 N–H and O–H groups in total. The number of rotatable bonds is 3. The third-order valence-corrected chi connectivity index (χ3v) is 5.26. The van der Waals surface area contributed by atoms with Crippen LogP contribution < -0.4 is 5.32 Å². The summed E-state index contributed by atoms with van der Waals surface area (Å²) in [6, 6.07) is 1.33. The summed E-state index contributed by atoms with van der Waals surface area (Å²) in [7, 11) is 3.89. The van der Waals surface area contributed by atoms with Gasteiger partial charge in [0.25, 0.3) is 0 Å². The molecule has 0 unspecified atom stereocenters. The molecule has 0 aromatic carbocycles. The van der Waals surface area contributed by atoms with E-state index in [2.05, 4.69) is 37.5 Å². The normalized spacial score (nSPS) is 18.3. The standard InChI is InChI=1S/C19H22F3N7/c1-11-7-12(19(20,21)22)8-23-15(11)16-14-9-24-29(3)17(14)18(27-26-16)25-13-5-4-6-28(2)10-13/h7-9,13H,4-6,10H2,1-3H3,(H,25,27)/t13-/m1/s1. The first-order valence-electron chi connectivity index (χ1n) is 9.41. The molecular weight excluding hydrogens is 383 g/mol. The van der Waals surface area contributed by atoms with Crippen molar-refractivity contribution in [2.45, 2.75) is 32.0 Å². The van der Waals surface area contributed by atoms with Crippen molar-refractivity contribution in [1.29, 1.82) is 0 Å². The molecule has 3 aromatic rings. The van der Waals surface area contributed by atoms with Gasteiger partial charge in [-0.15, -0.1) is 10.2 Å². The highest BCUT2D eigenvalue weighted by atomic mass is 19.4. The van der Waals surface area contributed by atoms with Gasteiger partial charge in [0.1, 0.15) is 11.2 Å². The van der Waals surface area contributed by atoms with Crippen LogP contribution in [0.25, 0.3) is 22.3 Å². The summed E-state index contributed by atoms with van der Waals surface area (Å²) in [6.45, 7) is 3.57. The average Bonchev–Trinajstić information content (AvgIpc) is 3.04. The Morgan fingerprint density at radius 3 is 2.62 bits per heavy atom. The number of aryl methyl sites for hydroxylation is 2. The maximum atomic E-state index is 13.0. The Bertz CT molecular complexity index is 1040. The van der Waals surface area contributed by atoms with Crippen LogP contribution in [0.15, 0.2) is 18.5 Å². The number of piperidine rings is 1. The summed E-state index contributed by atoms with van der Waals surface area (Å²) in [4.78, 5) is 6.31. The van der Waals surface area contributed by atoms with Gasteiger partial charge < -0.3 is 10.2 Å². The van der Waals surface area contributed by atoms with Crippen molar-refractivity contribution >= 4 is 16.7 Å². The molecule has 0 radical (unpaired) electrons. The third-order valence-electron chi connectivity index (χ3n) is 5.26. The molecule has 7 nitrogen and oxygen atoms in total. The quantitative estimate of drug-likeness (QED) is 0.721. The molecule has 4 heterocycles. The van der Waals surface area contributed by atoms with Gasteiger partial charge in [0.15, 0.2) is 5.82 Å². The second-order valence-electron chi connectivity index (χ2n) is 7.56. The topological polar surface area (TPSA) is 71.8 Å². The number of pyridine rings is 1. The van der Waals surface area contributed by atoms with Gasteiger partial charge >= 0.3 is 6.18 Å². The first-order valence-corrected chi connectivity index (χ1v) is 9.41. The van der Waals surface area contributed by atoms with Gasteiger partial charge in [-0.05, 0) is 45.0 Å². The van der Waals surface area contributed by atoms with Crippen LogP contribution >= 0.6 is 0 Å². The van der Waals surface area contributed by atoms with Crippen LogP contribution in [-0.4, -0.2) is 56.0 Å². The lowest BCUT2D eigenvalue weighted by Crippen LogP contribution is -2.40. The van der Waals surface area contributed by atoms with Crippen LogP contribution in [0.4, 0.5) is 19.0 Å². The molecule has 1 fully saturated rings. The molecule has 0 amide bonds. The van der Waals surface area contributed by atoms with Gasteiger partial charge in [-0.1, -0.05) is 0 Å². The number of aromatic nitrogens is 5.